The van der Waals surface area contributed by atoms with Crippen molar-refractivity contribution < 1.29 is 22.6 Å². The van der Waals surface area contributed by atoms with Crippen LogP contribution in [0.25, 0.3) is 11.3 Å². The molecule has 2 unspecified atom stereocenters. The number of morpholine rings is 1. The topological polar surface area (TPSA) is 78.4 Å². The zero-order valence-corrected chi connectivity index (χ0v) is 19.3. The number of pyridine rings is 1. The second kappa shape index (κ2) is 8.42. The molecule has 0 amide bonds. The number of nitrogens with two attached hydrogens (primary N) is 1. The Morgan fingerprint density at radius 1 is 1.26 bits per heavy atom. The predicted molar refractivity (Wildman–Crippen MR) is 121 cm³/mol. The van der Waals surface area contributed by atoms with Crippen LogP contribution in [0.1, 0.15) is 44.8 Å². The van der Waals surface area contributed by atoms with E-state index < -0.39 is 12.1 Å². The lowest BCUT2D eigenvalue weighted by molar-refractivity contribution is -0.274. The third-order valence-corrected chi connectivity index (χ3v) is 6.85. The summed E-state index contributed by atoms with van der Waals surface area (Å²) in [6.07, 6.45) is 2.07. The summed E-state index contributed by atoms with van der Waals surface area (Å²) < 4.78 is 49.9. The average Bonchev–Trinajstić information content (AvgIpc) is 3.13. The smallest absolute Gasteiger partial charge is 0.402 e. The molecule has 3 aliphatic rings. The van der Waals surface area contributed by atoms with Gasteiger partial charge < -0.3 is 15.2 Å². The minimum Gasteiger partial charge on any atom is -0.402 e. The summed E-state index contributed by atoms with van der Waals surface area (Å²) in [7, 11) is 0. The second-order valence-electron chi connectivity index (χ2n) is 9.14. The van der Waals surface area contributed by atoms with Gasteiger partial charge in [0.2, 0.25) is 0 Å². The molecule has 2 fully saturated rings. The van der Waals surface area contributed by atoms with Gasteiger partial charge in [-0.1, -0.05) is 19.1 Å². The third kappa shape index (κ3) is 4.20. The number of halogens is 3. The lowest BCUT2D eigenvalue weighted by Gasteiger charge is -2.36. The summed E-state index contributed by atoms with van der Waals surface area (Å²) in [6, 6.07) is 3.96. The Morgan fingerprint density at radius 2 is 2.00 bits per heavy atom. The van der Waals surface area contributed by atoms with Crippen molar-refractivity contribution in [2.24, 2.45) is 0 Å². The normalized spacial score (nSPS) is 22.4. The van der Waals surface area contributed by atoms with Crippen molar-refractivity contribution in [1.82, 2.24) is 19.7 Å². The molecular formula is C24H28F3N5O2. The van der Waals surface area contributed by atoms with Crippen LogP contribution in [-0.2, 0) is 4.74 Å². The number of ether oxygens (including phenoxy) is 2. The van der Waals surface area contributed by atoms with E-state index in [1.165, 1.54) is 23.4 Å². The minimum absolute atomic E-state index is 0.133. The zero-order valence-electron chi connectivity index (χ0n) is 19.3. The number of hydrogen-bond donors (Lipinski definition) is 1. The Bertz CT molecular complexity index is 1140. The fourth-order valence-corrected chi connectivity index (χ4v) is 4.84. The van der Waals surface area contributed by atoms with Gasteiger partial charge in [-0.05, 0) is 43.5 Å². The van der Waals surface area contributed by atoms with E-state index in [9.17, 15) is 13.2 Å². The molecule has 2 aromatic heterocycles. The van der Waals surface area contributed by atoms with Gasteiger partial charge >= 0.3 is 6.36 Å². The number of rotatable bonds is 6. The van der Waals surface area contributed by atoms with Gasteiger partial charge in [0.25, 0.3) is 0 Å². The molecule has 0 radical (unpaired) electrons. The van der Waals surface area contributed by atoms with Gasteiger partial charge in [0, 0.05) is 36.4 Å². The van der Waals surface area contributed by atoms with Gasteiger partial charge in [-0.25, -0.2) is 4.98 Å². The second-order valence-corrected chi connectivity index (χ2v) is 9.14. The summed E-state index contributed by atoms with van der Waals surface area (Å²) in [5.74, 6) is -0.686. The van der Waals surface area contributed by atoms with Gasteiger partial charge in [0.15, 0.2) is 11.6 Å². The van der Waals surface area contributed by atoms with Gasteiger partial charge in [-0.3, -0.25) is 9.58 Å². The van der Waals surface area contributed by atoms with Crippen molar-refractivity contribution in [3.05, 3.63) is 47.3 Å². The van der Waals surface area contributed by atoms with Crippen molar-refractivity contribution in [1.29, 1.82) is 0 Å². The van der Waals surface area contributed by atoms with Crippen molar-refractivity contribution in [2.75, 3.05) is 25.5 Å². The average molecular weight is 476 g/mol. The Morgan fingerprint density at radius 3 is 2.65 bits per heavy atom. The molecule has 3 heterocycles. The molecule has 34 heavy (non-hydrogen) atoms. The standard InChI is InChI=1S/C24H28F3N5O2/c1-4-13(2)32-20(22-17-8-16(9-18(17)22)31-5-6-33-12-14(31)3)10-19(30-32)15-7-21(23(28)29-11-15)34-24(25,26)27/h7-11,13-14,16,22H,4-6,12H2,1-3H3,(H2,28,29). The molecule has 2 aromatic rings. The van der Waals surface area contributed by atoms with E-state index in [0.717, 1.165) is 31.9 Å². The predicted octanol–water partition coefficient (Wildman–Crippen LogP) is 4.45. The van der Waals surface area contributed by atoms with Crippen LogP contribution < -0.4 is 10.5 Å². The van der Waals surface area contributed by atoms with Gasteiger partial charge in [-0.15, -0.1) is 13.2 Å². The maximum absolute atomic E-state index is 12.8. The van der Waals surface area contributed by atoms with Crippen LogP contribution in [0, 0.1) is 0 Å². The number of hydrogen-bond acceptors (Lipinski definition) is 6. The maximum atomic E-state index is 12.8. The van der Waals surface area contributed by atoms with Crippen molar-refractivity contribution >= 4 is 5.82 Å². The Balaban J connectivity index is 1.44. The summed E-state index contributed by atoms with van der Waals surface area (Å²) in [6.45, 7) is 8.74. The number of aromatic nitrogens is 3. The van der Waals surface area contributed by atoms with Crippen molar-refractivity contribution in [3.8, 4) is 17.0 Å². The molecule has 7 nitrogen and oxygen atoms in total. The van der Waals surface area contributed by atoms with Gasteiger partial charge in [0.05, 0.1) is 30.5 Å². The molecule has 1 saturated heterocycles. The van der Waals surface area contributed by atoms with Crippen LogP contribution in [-0.4, -0.2) is 57.9 Å². The van der Waals surface area contributed by atoms with Crippen molar-refractivity contribution in [3.63, 3.8) is 0 Å². The highest BCUT2D eigenvalue weighted by Gasteiger charge is 2.46. The number of nitrogen functional groups attached to an aromatic ring is 1. The highest BCUT2D eigenvalue weighted by molar-refractivity contribution is 5.71. The molecule has 5 rings (SSSR count). The first-order valence-electron chi connectivity index (χ1n) is 11.5. The maximum Gasteiger partial charge on any atom is 0.573 e. The number of alkyl halides is 3. The minimum atomic E-state index is -4.85. The van der Waals surface area contributed by atoms with Crippen molar-refractivity contribution in [2.45, 2.75) is 57.6 Å². The highest BCUT2D eigenvalue weighted by atomic mass is 19.4. The largest absolute Gasteiger partial charge is 0.573 e. The van der Waals surface area contributed by atoms with E-state index >= 15 is 0 Å². The molecular weight excluding hydrogens is 447 g/mol. The molecule has 182 valence electrons. The van der Waals surface area contributed by atoms with Gasteiger partial charge in [-0.2, -0.15) is 5.10 Å². The molecule has 1 aliphatic heterocycles. The third-order valence-electron chi connectivity index (χ3n) is 6.85. The van der Waals surface area contributed by atoms with Crippen LogP contribution in [0.5, 0.6) is 5.75 Å². The first kappa shape index (κ1) is 22.9. The number of anilines is 1. The van der Waals surface area contributed by atoms with E-state index in [1.54, 1.807) is 0 Å². The summed E-state index contributed by atoms with van der Waals surface area (Å²) in [5, 5.41) is 4.75. The quantitative estimate of drug-likeness (QED) is 0.665. The van der Waals surface area contributed by atoms with E-state index in [-0.39, 0.29) is 23.8 Å². The van der Waals surface area contributed by atoms with Crippen LogP contribution in [0.15, 0.2) is 41.6 Å². The molecule has 2 N–H and O–H groups in total. The van der Waals surface area contributed by atoms with Crippen LogP contribution in [0.3, 0.4) is 0 Å². The monoisotopic (exact) mass is 475 g/mol. The Kier molecular flexibility index (Phi) is 5.68. The number of fused-ring (bicyclic) bond motifs is 1. The van der Waals surface area contributed by atoms with Gasteiger partial charge in [0.1, 0.15) is 0 Å². The van der Waals surface area contributed by atoms with E-state index in [0.29, 0.717) is 17.3 Å². The summed E-state index contributed by atoms with van der Waals surface area (Å²) >= 11 is 0. The van der Waals surface area contributed by atoms with E-state index in [2.05, 4.69) is 47.5 Å². The lowest BCUT2D eigenvalue weighted by atomic mass is 10.1. The Hall–Kier alpha value is -2.85. The van der Waals surface area contributed by atoms with Crippen LogP contribution >= 0.6 is 0 Å². The molecule has 0 bridgehead atoms. The number of nitrogens with zero attached hydrogens (tertiary/aromatic N) is 4. The molecule has 10 heteroatoms. The summed E-state index contributed by atoms with van der Waals surface area (Å²) in [5.41, 5.74) is 10.2. The Labute approximate surface area is 196 Å². The highest BCUT2D eigenvalue weighted by Crippen LogP contribution is 2.57. The fraction of sp³-hybridized carbons (Fsp3) is 0.500. The number of allylic oxidation sites excluding steroid dienone is 2. The SMILES string of the molecule is CCC(C)n1nc(-c2cnc(N)c(OC(F)(F)F)c2)cc1C1C2=CC(N3CCOCC3C)C=C21. The summed E-state index contributed by atoms with van der Waals surface area (Å²) in [4.78, 5) is 6.35. The fourth-order valence-electron chi connectivity index (χ4n) is 4.84. The molecule has 0 aromatic carbocycles. The van der Waals surface area contributed by atoms with Crippen LogP contribution in [0.2, 0.25) is 0 Å². The lowest BCUT2D eigenvalue weighted by Crippen LogP contribution is -2.47. The zero-order chi connectivity index (χ0) is 24.2. The van der Waals surface area contributed by atoms with E-state index in [4.69, 9.17) is 15.6 Å². The first-order valence-corrected chi connectivity index (χ1v) is 11.5. The molecule has 0 spiro atoms. The van der Waals surface area contributed by atoms with Crippen LogP contribution in [0.4, 0.5) is 19.0 Å². The first-order chi connectivity index (χ1) is 16.2. The van der Waals surface area contributed by atoms with E-state index in [1.807, 2.05) is 10.7 Å². The molecule has 2 aliphatic carbocycles. The molecule has 2 atom stereocenters. The molecule has 1 saturated carbocycles.